The third-order valence-electron chi connectivity index (χ3n) is 3.87. The highest BCUT2D eigenvalue weighted by Crippen LogP contribution is 2.24. The summed E-state index contributed by atoms with van der Waals surface area (Å²) in [6.07, 6.45) is 1.52. The van der Waals surface area contributed by atoms with Gasteiger partial charge >= 0.3 is 12.1 Å². The number of benzene rings is 1. The smallest absolute Gasteiger partial charge is 0.330 e. The molecule has 0 saturated carbocycles. The quantitative estimate of drug-likeness (QED) is 0.943. The summed E-state index contributed by atoms with van der Waals surface area (Å²) < 4.78 is 5.25. The van der Waals surface area contributed by atoms with E-state index in [4.69, 9.17) is 4.42 Å². The number of rotatable bonds is 4. The number of amides is 4. The van der Waals surface area contributed by atoms with Crippen molar-refractivity contribution in [3.05, 3.63) is 60.1 Å². The molecule has 2 aromatic rings. The van der Waals surface area contributed by atoms with Crippen molar-refractivity contribution in [3.63, 3.8) is 0 Å². The second kappa shape index (κ2) is 5.79. The van der Waals surface area contributed by atoms with Crippen LogP contribution in [0.25, 0.3) is 0 Å². The molecule has 4 amide bonds. The first kappa shape index (κ1) is 15.1. The lowest BCUT2D eigenvalue weighted by molar-refractivity contribution is 0.0562. The normalized spacial score (nSPS) is 17.3. The fourth-order valence-corrected chi connectivity index (χ4v) is 2.60. The summed E-state index contributed by atoms with van der Waals surface area (Å²) in [5, 5.41) is 2.87. The van der Waals surface area contributed by atoms with Crippen LogP contribution in [0.4, 0.5) is 9.59 Å². The maximum atomic E-state index is 12.8. The van der Waals surface area contributed by atoms with E-state index in [1.165, 1.54) is 6.26 Å². The van der Waals surface area contributed by atoms with Gasteiger partial charge in [-0.15, -0.1) is 0 Å². The lowest BCUT2D eigenvalue weighted by Crippen LogP contribution is -2.69. The van der Waals surface area contributed by atoms with Crippen molar-refractivity contribution in [1.82, 2.24) is 15.1 Å². The van der Waals surface area contributed by atoms with Crippen molar-refractivity contribution in [1.29, 1.82) is 0 Å². The van der Waals surface area contributed by atoms with Crippen LogP contribution in [0.15, 0.2) is 53.1 Å². The van der Waals surface area contributed by atoms with Crippen molar-refractivity contribution in [3.8, 4) is 0 Å². The van der Waals surface area contributed by atoms with E-state index >= 15 is 0 Å². The summed E-state index contributed by atoms with van der Waals surface area (Å²) >= 11 is 0. The molecule has 1 aliphatic heterocycles. The molecule has 1 aromatic heterocycles. The zero-order valence-electron chi connectivity index (χ0n) is 13.2. The molecular weight excluding hydrogens is 294 g/mol. The molecule has 120 valence electrons. The average molecular weight is 313 g/mol. The van der Waals surface area contributed by atoms with E-state index in [9.17, 15) is 9.59 Å². The van der Waals surface area contributed by atoms with Gasteiger partial charge in [-0.2, -0.15) is 0 Å². The lowest BCUT2D eigenvalue weighted by atomic mass is 10.1. The predicted molar refractivity (Wildman–Crippen MR) is 84.2 cm³/mol. The summed E-state index contributed by atoms with van der Waals surface area (Å²) in [6.45, 7) is 4.16. The number of nitrogens with zero attached hydrogens (tertiary/aromatic N) is 2. The van der Waals surface area contributed by atoms with Gasteiger partial charge in [0.15, 0.2) is 0 Å². The molecule has 0 unspecified atom stereocenters. The van der Waals surface area contributed by atoms with Gasteiger partial charge in [-0.05, 0) is 31.5 Å². The largest absolute Gasteiger partial charge is 0.467 e. The molecule has 6 heteroatoms. The maximum absolute atomic E-state index is 12.8. The molecule has 1 aromatic carbocycles. The van der Waals surface area contributed by atoms with Crippen LogP contribution in [0.1, 0.15) is 25.2 Å². The number of imide groups is 1. The highest BCUT2D eigenvalue weighted by Gasteiger charge is 2.43. The molecule has 1 saturated heterocycles. The van der Waals surface area contributed by atoms with Crippen molar-refractivity contribution >= 4 is 12.1 Å². The van der Waals surface area contributed by atoms with Gasteiger partial charge in [-0.3, -0.25) is 4.90 Å². The lowest BCUT2D eigenvalue weighted by Gasteiger charge is -2.46. The highest BCUT2D eigenvalue weighted by molar-refractivity contribution is 5.96. The van der Waals surface area contributed by atoms with Gasteiger partial charge in [-0.1, -0.05) is 30.3 Å². The Balaban J connectivity index is 1.84. The number of carbonyl (C=O) groups is 2. The van der Waals surface area contributed by atoms with Crippen LogP contribution >= 0.6 is 0 Å². The minimum Gasteiger partial charge on any atom is -0.467 e. The fourth-order valence-electron chi connectivity index (χ4n) is 2.60. The summed E-state index contributed by atoms with van der Waals surface area (Å²) in [4.78, 5) is 27.9. The SMILES string of the molecule is CC1(C)NC(=O)N(Cc2ccco2)C(=O)N1Cc1ccccc1. The molecule has 1 aliphatic rings. The van der Waals surface area contributed by atoms with Crippen LogP contribution in [-0.2, 0) is 13.1 Å². The number of furan rings is 1. The monoisotopic (exact) mass is 313 g/mol. The van der Waals surface area contributed by atoms with Crippen LogP contribution < -0.4 is 5.32 Å². The van der Waals surface area contributed by atoms with E-state index in [0.29, 0.717) is 12.3 Å². The van der Waals surface area contributed by atoms with Gasteiger partial charge in [0.25, 0.3) is 0 Å². The molecule has 1 N–H and O–H groups in total. The average Bonchev–Trinajstić information content (AvgIpc) is 3.02. The molecule has 0 bridgehead atoms. The van der Waals surface area contributed by atoms with Crippen LogP contribution in [0, 0.1) is 0 Å². The summed E-state index contributed by atoms with van der Waals surface area (Å²) in [6, 6.07) is 12.4. The van der Waals surface area contributed by atoms with Crippen LogP contribution in [0.2, 0.25) is 0 Å². The van der Waals surface area contributed by atoms with Crippen molar-refractivity contribution in [2.45, 2.75) is 32.6 Å². The molecule has 0 atom stereocenters. The van der Waals surface area contributed by atoms with Crippen LogP contribution in [0.5, 0.6) is 0 Å². The van der Waals surface area contributed by atoms with E-state index in [-0.39, 0.29) is 12.6 Å². The van der Waals surface area contributed by atoms with Gasteiger partial charge in [0.1, 0.15) is 11.4 Å². The number of nitrogens with one attached hydrogen (secondary N) is 1. The molecule has 2 heterocycles. The van der Waals surface area contributed by atoms with E-state index in [2.05, 4.69) is 5.32 Å². The van der Waals surface area contributed by atoms with Gasteiger partial charge in [0.05, 0.1) is 12.8 Å². The number of hydrogen-bond acceptors (Lipinski definition) is 3. The van der Waals surface area contributed by atoms with Crippen LogP contribution in [0.3, 0.4) is 0 Å². The zero-order chi connectivity index (χ0) is 16.4. The highest BCUT2D eigenvalue weighted by atomic mass is 16.3. The van der Waals surface area contributed by atoms with Gasteiger partial charge in [0, 0.05) is 6.54 Å². The Kier molecular flexibility index (Phi) is 3.82. The molecule has 1 fully saturated rings. The van der Waals surface area contributed by atoms with Crippen molar-refractivity contribution < 1.29 is 14.0 Å². The summed E-state index contributed by atoms with van der Waals surface area (Å²) in [7, 11) is 0. The predicted octanol–water partition coefficient (Wildman–Crippen LogP) is 3.16. The first-order valence-electron chi connectivity index (χ1n) is 7.45. The summed E-state index contributed by atoms with van der Waals surface area (Å²) in [5.74, 6) is 0.563. The number of carbonyl (C=O) groups excluding carboxylic acids is 2. The fraction of sp³-hybridized carbons (Fsp3) is 0.294. The Morgan fingerprint density at radius 1 is 1.04 bits per heavy atom. The minimum absolute atomic E-state index is 0.110. The molecule has 3 rings (SSSR count). The minimum atomic E-state index is -0.760. The van der Waals surface area contributed by atoms with E-state index < -0.39 is 11.7 Å². The molecular formula is C17H19N3O3. The number of hydrogen-bond donors (Lipinski definition) is 1. The first-order chi connectivity index (χ1) is 11.0. The van der Waals surface area contributed by atoms with Crippen LogP contribution in [-0.4, -0.2) is 27.5 Å². The standard InChI is InChI=1S/C17H19N3O3/c1-17(2)18-15(21)19(12-14-9-6-10-23-14)16(22)20(17)11-13-7-4-3-5-8-13/h3-10H,11-12H2,1-2H3,(H,18,21). The Labute approximate surface area is 134 Å². The molecule has 0 aliphatic carbocycles. The van der Waals surface area contributed by atoms with E-state index in [1.807, 2.05) is 44.2 Å². The maximum Gasteiger partial charge on any atom is 0.330 e. The Morgan fingerprint density at radius 3 is 2.43 bits per heavy atom. The zero-order valence-corrected chi connectivity index (χ0v) is 13.2. The molecule has 23 heavy (non-hydrogen) atoms. The van der Waals surface area contributed by atoms with Gasteiger partial charge in [0.2, 0.25) is 0 Å². The molecule has 0 spiro atoms. The van der Waals surface area contributed by atoms with Crippen molar-refractivity contribution in [2.24, 2.45) is 0 Å². The van der Waals surface area contributed by atoms with Gasteiger partial charge in [-0.25, -0.2) is 14.5 Å². The second-order valence-electron chi connectivity index (χ2n) is 6.01. The van der Waals surface area contributed by atoms with E-state index in [0.717, 1.165) is 10.5 Å². The molecule has 6 nitrogen and oxygen atoms in total. The Morgan fingerprint density at radius 2 is 1.78 bits per heavy atom. The molecule has 0 radical (unpaired) electrons. The third kappa shape index (κ3) is 3.06. The Bertz CT molecular complexity index is 695. The summed E-state index contributed by atoms with van der Waals surface area (Å²) in [5.41, 5.74) is 0.243. The van der Waals surface area contributed by atoms with E-state index in [1.54, 1.807) is 17.0 Å². The van der Waals surface area contributed by atoms with Crippen molar-refractivity contribution in [2.75, 3.05) is 0 Å². The number of urea groups is 2. The van der Waals surface area contributed by atoms with Gasteiger partial charge < -0.3 is 9.73 Å². The first-order valence-corrected chi connectivity index (χ1v) is 7.45. The third-order valence-corrected chi connectivity index (χ3v) is 3.87. The second-order valence-corrected chi connectivity index (χ2v) is 6.01. The Hall–Kier alpha value is -2.76. The topological polar surface area (TPSA) is 65.8 Å².